The van der Waals surface area contributed by atoms with Crippen LogP contribution in [0.5, 0.6) is 0 Å². The zero-order chi connectivity index (χ0) is 16.2. The standard InChI is InChI=1S/C14H19BrClNO3S/c1-4-10(3)9-17(5-2)14(18)11-6-12(15)8-13(7-11)21(16,19)20/h6-8,10H,4-5,9H2,1-3H3. The Morgan fingerprint density at radius 1 is 1.33 bits per heavy atom. The number of amides is 1. The summed E-state index contributed by atoms with van der Waals surface area (Å²) in [6.07, 6.45) is 0.976. The molecule has 7 heteroatoms. The summed E-state index contributed by atoms with van der Waals surface area (Å²) in [5.41, 5.74) is 0.314. The molecule has 0 fully saturated rings. The highest BCUT2D eigenvalue weighted by Crippen LogP contribution is 2.23. The van der Waals surface area contributed by atoms with Crippen LogP contribution in [0.4, 0.5) is 0 Å². The maximum Gasteiger partial charge on any atom is 0.261 e. The van der Waals surface area contributed by atoms with E-state index in [1.807, 2.05) is 6.92 Å². The number of rotatable bonds is 6. The third kappa shape index (κ3) is 5.27. The molecule has 4 nitrogen and oxygen atoms in total. The molecule has 1 amide bonds. The Bertz CT molecular complexity index is 619. The Morgan fingerprint density at radius 2 is 1.95 bits per heavy atom. The molecule has 118 valence electrons. The van der Waals surface area contributed by atoms with Crippen molar-refractivity contribution in [3.8, 4) is 0 Å². The number of hydrogen-bond acceptors (Lipinski definition) is 3. The van der Waals surface area contributed by atoms with E-state index in [1.165, 1.54) is 12.1 Å². The lowest BCUT2D eigenvalue weighted by Crippen LogP contribution is -2.34. The minimum absolute atomic E-state index is 0.0820. The van der Waals surface area contributed by atoms with Gasteiger partial charge in [-0.25, -0.2) is 8.42 Å². The summed E-state index contributed by atoms with van der Waals surface area (Å²) in [5, 5.41) is 0. The van der Waals surface area contributed by atoms with Crippen molar-refractivity contribution in [2.24, 2.45) is 5.92 Å². The molecule has 21 heavy (non-hydrogen) atoms. The molecule has 0 aliphatic rings. The molecule has 0 N–H and O–H groups in total. The monoisotopic (exact) mass is 395 g/mol. The van der Waals surface area contributed by atoms with Crippen LogP contribution < -0.4 is 0 Å². The Balaban J connectivity index is 3.14. The summed E-state index contributed by atoms with van der Waals surface area (Å²) in [6.45, 7) is 7.25. The second-order valence-electron chi connectivity index (χ2n) is 4.97. The van der Waals surface area contributed by atoms with E-state index in [2.05, 4.69) is 29.8 Å². The molecule has 0 radical (unpaired) electrons. The first-order chi connectivity index (χ1) is 9.68. The van der Waals surface area contributed by atoms with Gasteiger partial charge in [-0.05, 0) is 31.0 Å². The third-order valence-electron chi connectivity index (χ3n) is 3.30. The smallest absolute Gasteiger partial charge is 0.261 e. The van der Waals surface area contributed by atoms with Crippen molar-refractivity contribution in [3.63, 3.8) is 0 Å². The van der Waals surface area contributed by atoms with Crippen LogP contribution in [0.25, 0.3) is 0 Å². The van der Waals surface area contributed by atoms with Gasteiger partial charge in [0.2, 0.25) is 0 Å². The summed E-state index contributed by atoms with van der Waals surface area (Å²) in [7, 11) is 1.48. The fraction of sp³-hybridized carbons (Fsp3) is 0.500. The molecule has 0 bridgehead atoms. The average Bonchev–Trinajstić information content (AvgIpc) is 2.42. The topological polar surface area (TPSA) is 54.5 Å². The number of halogens is 2. The highest BCUT2D eigenvalue weighted by Gasteiger charge is 2.20. The van der Waals surface area contributed by atoms with Crippen LogP contribution in [0.1, 0.15) is 37.6 Å². The van der Waals surface area contributed by atoms with Gasteiger partial charge in [-0.1, -0.05) is 36.2 Å². The van der Waals surface area contributed by atoms with Gasteiger partial charge in [0, 0.05) is 33.8 Å². The molecule has 0 aromatic heterocycles. The number of carbonyl (C=O) groups is 1. The zero-order valence-electron chi connectivity index (χ0n) is 12.3. The SMILES string of the molecule is CCC(C)CN(CC)C(=O)c1cc(Br)cc(S(=O)(=O)Cl)c1. The van der Waals surface area contributed by atoms with Crippen LogP contribution >= 0.6 is 26.6 Å². The first kappa shape index (κ1) is 18.5. The maximum atomic E-state index is 12.5. The van der Waals surface area contributed by atoms with Crippen LogP contribution in [0.3, 0.4) is 0 Å². The fourth-order valence-corrected chi connectivity index (χ4v) is 3.32. The lowest BCUT2D eigenvalue weighted by atomic mass is 10.1. The minimum Gasteiger partial charge on any atom is -0.339 e. The summed E-state index contributed by atoms with van der Waals surface area (Å²) >= 11 is 3.22. The van der Waals surface area contributed by atoms with Crippen molar-refractivity contribution >= 4 is 41.6 Å². The van der Waals surface area contributed by atoms with Gasteiger partial charge in [0.1, 0.15) is 0 Å². The van der Waals surface area contributed by atoms with Gasteiger partial charge in [-0.15, -0.1) is 0 Å². The summed E-state index contributed by atoms with van der Waals surface area (Å²) in [6, 6.07) is 4.30. The molecule has 0 aliphatic carbocycles. The molecule has 1 aromatic rings. The Kier molecular flexibility index (Phi) is 6.69. The quantitative estimate of drug-likeness (QED) is 0.686. The zero-order valence-corrected chi connectivity index (χ0v) is 15.4. The molecule has 0 heterocycles. The van der Waals surface area contributed by atoms with Gasteiger partial charge < -0.3 is 4.90 Å². The molecular weight excluding hydrogens is 378 g/mol. The van der Waals surface area contributed by atoms with E-state index in [-0.39, 0.29) is 10.8 Å². The average molecular weight is 397 g/mol. The van der Waals surface area contributed by atoms with Crippen molar-refractivity contribution in [2.75, 3.05) is 13.1 Å². The van der Waals surface area contributed by atoms with Crippen molar-refractivity contribution < 1.29 is 13.2 Å². The van der Waals surface area contributed by atoms with Crippen molar-refractivity contribution in [1.29, 1.82) is 0 Å². The molecular formula is C14H19BrClNO3S. The van der Waals surface area contributed by atoms with Crippen molar-refractivity contribution in [2.45, 2.75) is 32.1 Å². The second kappa shape index (κ2) is 7.61. The Morgan fingerprint density at radius 3 is 2.43 bits per heavy atom. The van der Waals surface area contributed by atoms with E-state index >= 15 is 0 Å². The predicted octanol–water partition coefficient (Wildman–Crippen LogP) is 3.88. The molecule has 0 spiro atoms. The number of carbonyl (C=O) groups excluding carboxylic acids is 1. The van der Waals surface area contributed by atoms with Crippen LogP contribution in [0.15, 0.2) is 27.6 Å². The highest BCUT2D eigenvalue weighted by molar-refractivity contribution is 9.10. The Labute approximate surface area is 139 Å². The van der Waals surface area contributed by atoms with Gasteiger partial charge in [0.05, 0.1) is 4.90 Å². The minimum atomic E-state index is -3.87. The molecule has 1 aromatic carbocycles. The molecule has 1 atom stereocenters. The molecule has 0 saturated carbocycles. The maximum absolute atomic E-state index is 12.5. The van der Waals surface area contributed by atoms with E-state index in [9.17, 15) is 13.2 Å². The molecule has 0 aliphatic heterocycles. The first-order valence-electron chi connectivity index (χ1n) is 6.73. The van der Waals surface area contributed by atoms with E-state index in [0.717, 1.165) is 6.42 Å². The molecule has 1 rings (SSSR count). The van der Waals surface area contributed by atoms with E-state index < -0.39 is 9.05 Å². The lowest BCUT2D eigenvalue weighted by Gasteiger charge is -2.24. The fourth-order valence-electron chi connectivity index (χ4n) is 1.87. The number of benzene rings is 1. The summed E-state index contributed by atoms with van der Waals surface area (Å²) in [4.78, 5) is 14.2. The van der Waals surface area contributed by atoms with Crippen LogP contribution in [-0.2, 0) is 9.05 Å². The normalized spacial score (nSPS) is 13.0. The lowest BCUT2D eigenvalue weighted by molar-refractivity contribution is 0.0740. The van der Waals surface area contributed by atoms with E-state index in [0.29, 0.717) is 29.0 Å². The number of hydrogen-bond donors (Lipinski definition) is 0. The Hall–Kier alpha value is -0.590. The van der Waals surface area contributed by atoms with Gasteiger partial charge in [-0.3, -0.25) is 4.79 Å². The van der Waals surface area contributed by atoms with E-state index in [4.69, 9.17) is 10.7 Å². The third-order valence-corrected chi connectivity index (χ3v) is 5.09. The van der Waals surface area contributed by atoms with Crippen molar-refractivity contribution in [1.82, 2.24) is 4.90 Å². The van der Waals surface area contributed by atoms with Crippen molar-refractivity contribution in [3.05, 3.63) is 28.2 Å². The molecule has 1 unspecified atom stereocenters. The van der Waals surface area contributed by atoms with Gasteiger partial charge in [-0.2, -0.15) is 0 Å². The summed E-state index contributed by atoms with van der Waals surface area (Å²) in [5.74, 6) is 0.193. The highest BCUT2D eigenvalue weighted by atomic mass is 79.9. The predicted molar refractivity (Wildman–Crippen MR) is 88.2 cm³/mol. The van der Waals surface area contributed by atoms with Crippen LogP contribution in [-0.4, -0.2) is 32.3 Å². The van der Waals surface area contributed by atoms with Gasteiger partial charge in [0.25, 0.3) is 15.0 Å². The van der Waals surface area contributed by atoms with E-state index in [1.54, 1.807) is 11.0 Å². The first-order valence-corrected chi connectivity index (χ1v) is 9.83. The second-order valence-corrected chi connectivity index (χ2v) is 8.45. The number of nitrogens with zero attached hydrogens (tertiary/aromatic N) is 1. The molecule has 0 saturated heterocycles. The van der Waals surface area contributed by atoms with Gasteiger partial charge in [0.15, 0.2) is 0 Å². The summed E-state index contributed by atoms with van der Waals surface area (Å²) < 4.78 is 23.4. The van der Waals surface area contributed by atoms with Crippen LogP contribution in [0, 0.1) is 5.92 Å². The largest absolute Gasteiger partial charge is 0.339 e. The van der Waals surface area contributed by atoms with Gasteiger partial charge >= 0.3 is 0 Å². The van der Waals surface area contributed by atoms with Crippen LogP contribution in [0.2, 0.25) is 0 Å².